The second-order valence-corrected chi connectivity index (χ2v) is 9.88. The van der Waals surface area contributed by atoms with Crippen molar-refractivity contribution < 1.29 is 13.2 Å². The summed E-state index contributed by atoms with van der Waals surface area (Å²) >= 11 is 0. The molecule has 0 fully saturated rings. The van der Waals surface area contributed by atoms with Gasteiger partial charge in [-0.05, 0) is 29.3 Å². The van der Waals surface area contributed by atoms with Crippen LogP contribution in [0.15, 0.2) is 90.2 Å². The summed E-state index contributed by atoms with van der Waals surface area (Å²) < 4.78 is 25.4. The Bertz CT molecular complexity index is 1720. The first-order valence-corrected chi connectivity index (χ1v) is 12.9. The molecule has 10 nitrogen and oxygen atoms in total. The topological polar surface area (TPSA) is 144 Å². The highest BCUT2D eigenvalue weighted by Crippen LogP contribution is 2.31. The van der Waals surface area contributed by atoms with Gasteiger partial charge in [0.1, 0.15) is 10.4 Å². The number of carbonyl (C=O) groups excluding carboxylic acids is 1. The van der Waals surface area contributed by atoms with Crippen molar-refractivity contribution in [3.63, 3.8) is 0 Å². The molecule has 2 aromatic carbocycles. The Morgan fingerprint density at radius 2 is 1.76 bits per heavy atom. The zero-order valence-corrected chi connectivity index (χ0v) is 20.6. The molecule has 0 aliphatic heterocycles. The minimum atomic E-state index is -3.95. The molecule has 0 aliphatic rings. The molecule has 0 saturated carbocycles. The molecule has 0 atom stereocenters. The molecule has 1 amide bonds. The monoisotopic (exact) mass is 513 g/mol. The lowest BCUT2D eigenvalue weighted by Gasteiger charge is -2.14. The van der Waals surface area contributed by atoms with Gasteiger partial charge in [0.05, 0.1) is 0 Å². The molecule has 3 aromatic heterocycles. The molecule has 0 radical (unpaired) electrons. The number of hydrogen-bond donors (Lipinski definition) is 3. The van der Waals surface area contributed by atoms with Gasteiger partial charge in [0.2, 0.25) is 15.9 Å². The van der Waals surface area contributed by atoms with Crippen LogP contribution in [-0.2, 0) is 21.4 Å². The van der Waals surface area contributed by atoms with E-state index in [0.29, 0.717) is 23.6 Å². The zero-order valence-electron chi connectivity index (χ0n) is 19.8. The summed E-state index contributed by atoms with van der Waals surface area (Å²) in [6.07, 6.45) is 4.47. The number of aromatic nitrogens is 4. The summed E-state index contributed by atoms with van der Waals surface area (Å²) in [4.78, 5) is 20.3. The van der Waals surface area contributed by atoms with Gasteiger partial charge in [-0.1, -0.05) is 48.5 Å². The van der Waals surface area contributed by atoms with E-state index in [2.05, 4.69) is 20.7 Å². The number of para-hydroxylation sites is 1. The van der Waals surface area contributed by atoms with E-state index in [4.69, 9.17) is 10.1 Å². The SMILES string of the molecule is CC(=O)Nc1ccccc1CNc1nc(-c2cncc(S(N)(=O)=O)c2)nn2ccc(-c3ccccc3)c12. The minimum absolute atomic E-state index is 0.134. The van der Waals surface area contributed by atoms with Gasteiger partial charge in [0, 0.05) is 48.9 Å². The van der Waals surface area contributed by atoms with Crippen molar-refractivity contribution in [2.45, 2.75) is 18.4 Å². The van der Waals surface area contributed by atoms with Crippen molar-refractivity contribution in [1.82, 2.24) is 19.6 Å². The number of primary sulfonamides is 1. The first-order chi connectivity index (χ1) is 17.8. The van der Waals surface area contributed by atoms with Gasteiger partial charge in [0.15, 0.2) is 11.6 Å². The lowest BCUT2D eigenvalue weighted by atomic mass is 10.1. The maximum Gasteiger partial charge on any atom is 0.239 e. The molecule has 5 aromatic rings. The number of fused-ring (bicyclic) bond motifs is 1. The standard InChI is InChI=1S/C26H23N7O3S/c1-17(34)30-23-10-6-5-9-19(23)15-29-26-24-22(18-7-3-2-4-8-18)11-12-33(24)32-25(31-26)20-13-21(16-28-14-20)37(27,35)36/h2-14,16H,15H2,1H3,(H,30,34)(H2,27,35,36)(H,29,31,32). The van der Waals surface area contributed by atoms with Crippen molar-refractivity contribution in [3.05, 3.63) is 90.9 Å². The van der Waals surface area contributed by atoms with Gasteiger partial charge in [0.25, 0.3) is 0 Å². The highest BCUT2D eigenvalue weighted by Gasteiger charge is 2.17. The predicted molar refractivity (Wildman–Crippen MR) is 141 cm³/mol. The van der Waals surface area contributed by atoms with E-state index in [1.165, 1.54) is 25.4 Å². The Labute approximate surface area is 213 Å². The lowest BCUT2D eigenvalue weighted by Crippen LogP contribution is -2.13. The van der Waals surface area contributed by atoms with E-state index in [0.717, 1.165) is 22.2 Å². The fourth-order valence-corrected chi connectivity index (χ4v) is 4.48. The Kier molecular flexibility index (Phi) is 6.38. The molecular weight excluding hydrogens is 490 g/mol. The number of anilines is 2. The Morgan fingerprint density at radius 3 is 2.51 bits per heavy atom. The third kappa shape index (κ3) is 5.17. The molecule has 5 rings (SSSR count). The maximum absolute atomic E-state index is 11.9. The van der Waals surface area contributed by atoms with Crippen LogP contribution in [-0.4, -0.2) is 33.9 Å². The molecule has 0 bridgehead atoms. The number of pyridine rings is 1. The number of nitrogens with zero attached hydrogens (tertiary/aromatic N) is 4. The highest BCUT2D eigenvalue weighted by atomic mass is 32.2. The second-order valence-electron chi connectivity index (χ2n) is 8.32. The van der Waals surface area contributed by atoms with Crippen LogP contribution < -0.4 is 15.8 Å². The van der Waals surface area contributed by atoms with Gasteiger partial charge in [-0.3, -0.25) is 9.78 Å². The molecular formula is C26H23N7O3S. The predicted octanol–water partition coefficient (Wildman–Crippen LogP) is 3.68. The van der Waals surface area contributed by atoms with Crippen LogP contribution in [0.3, 0.4) is 0 Å². The molecule has 11 heteroatoms. The van der Waals surface area contributed by atoms with Crippen molar-refractivity contribution in [1.29, 1.82) is 0 Å². The molecule has 4 N–H and O–H groups in total. The van der Waals surface area contributed by atoms with E-state index in [-0.39, 0.29) is 16.6 Å². The highest BCUT2D eigenvalue weighted by molar-refractivity contribution is 7.89. The van der Waals surface area contributed by atoms with Crippen LogP contribution in [0.4, 0.5) is 11.5 Å². The first kappa shape index (κ1) is 24.1. The van der Waals surface area contributed by atoms with E-state index in [1.807, 2.05) is 66.9 Å². The zero-order chi connectivity index (χ0) is 26.0. The Balaban J connectivity index is 1.63. The number of benzene rings is 2. The number of sulfonamides is 1. The quantitative estimate of drug-likeness (QED) is 0.301. The largest absolute Gasteiger partial charge is 0.364 e. The summed E-state index contributed by atoms with van der Waals surface area (Å²) in [6, 6.07) is 20.7. The fraction of sp³-hybridized carbons (Fsp3) is 0.0769. The fourth-order valence-electron chi connectivity index (χ4n) is 3.98. The number of amides is 1. The van der Waals surface area contributed by atoms with Crippen LogP contribution in [0.2, 0.25) is 0 Å². The van der Waals surface area contributed by atoms with Gasteiger partial charge in [-0.25, -0.2) is 23.1 Å². The van der Waals surface area contributed by atoms with E-state index in [9.17, 15) is 13.2 Å². The van der Waals surface area contributed by atoms with E-state index < -0.39 is 10.0 Å². The van der Waals surface area contributed by atoms with Crippen molar-refractivity contribution in [2.75, 3.05) is 10.6 Å². The third-order valence-electron chi connectivity index (χ3n) is 5.67. The average Bonchev–Trinajstić information content (AvgIpc) is 3.32. The van der Waals surface area contributed by atoms with Crippen LogP contribution in [0.5, 0.6) is 0 Å². The minimum Gasteiger partial charge on any atom is -0.364 e. The number of rotatable bonds is 7. The van der Waals surface area contributed by atoms with Crippen molar-refractivity contribution >= 4 is 33.0 Å². The average molecular weight is 514 g/mol. The summed E-state index contributed by atoms with van der Waals surface area (Å²) in [6.45, 7) is 1.82. The molecule has 0 saturated heterocycles. The van der Waals surface area contributed by atoms with Crippen LogP contribution in [0.1, 0.15) is 12.5 Å². The maximum atomic E-state index is 11.9. The molecule has 0 aliphatic carbocycles. The van der Waals surface area contributed by atoms with Crippen molar-refractivity contribution in [2.24, 2.45) is 5.14 Å². The van der Waals surface area contributed by atoms with E-state index >= 15 is 0 Å². The van der Waals surface area contributed by atoms with Gasteiger partial charge in [-0.2, -0.15) is 0 Å². The molecule has 37 heavy (non-hydrogen) atoms. The molecule has 0 spiro atoms. The summed E-state index contributed by atoms with van der Waals surface area (Å²) in [7, 11) is -3.95. The van der Waals surface area contributed by atoms with Gasteiger partial charge < -0.3 is 10.6 Å². The number of carbonyl (C=O) groups is 1. The van der Waals surface area contributed by atoms with Crippen LogP contribution in [0.25, 0.3) is 28.0 Å². The molecule has 0 unspecified atom stereocenters. The smallest absolute Gasteiger partial charge is 0.239 e. The number of hydrogen-bond acceptors (Lipinski definition) is 7. The third-order valence-corrected chi connectivity index (χ3v) is 6.55. The van der Waals surface area contributed by atoms with Crippen LogP contribution in [0, 0.1) is 0 Å². The number of nitrogens with one attached hydrogen (secondary N) is 2. The van der Waals surface area contributed by atoms with Gasteiger partial charge in [-0.15, -0.1) is 5.10 Å². The van der Waals surface area contributed by atoms with Gasteiger partial charge >= 0.3 is 0 Å². The van der Waals surface area contributed by atoms with Crippen LogP contribution >= 0.6 is 0 Å². The molecule has 186 valence electrons. The molecule has 3 heterocycles. The Hall–Kier alpha value is -4.61. The first-order valence-electron chi connectivity index (χ1n) is 11.3. The lowest BCUT2D eigenvalue weighted by molar-refractivity contribution is -0.114. The Morgan fingerprint density at radius 1 is 1.00 bits per heavy atom. The second kappa shape index (κ2) is 9.80. The van der Waals surface area contributed by atoms with Crippen molar-refractivity contribution in [3.8, 4) is 22.5 Å². The summed E-state index contributed by atoms with van der Waals surface area (Å²) in [5.74, 6) is 0.616. The normalized spacial score (nSPS) is 11.4. The number of nitrogens with two attached hydrogens (primary N) is 1. The summed E-state index contributed by atoms with van der Waals surface area (Å²) in [5.41, 5.74) is 4.59. The summed E-state index contributed by atoms with van der Waals surface area (Å²) in [5, 5.41) is 16.1. The van der Waals surface area contributed by atoms with E-state index in [1.54, 1.807) is 4.52 Å².